The smallest absolute Gasteiger partial charge is 0.317 e. The van der Waals surface area contributed by atoms with Crippen molar-refractivity contribution in [2.75, 3.05) is 24.6 Å². The van der Waals surface area contributed by atoms with E-state index in [4.69, 9.17) is 0 Å². The van der Waals surface area contributed by atoms with Gasteiger partial charge in [-0.25, -0.2) is 25.9 Å². The minimum Gasteiger partial charge on any atom is -0.317 e. The number of alkyl halides is 3. The van der Waals surface area contributed by atoms with Gasteiger partial charge in [0, 0.05) is 6.04 Å². The lowest BCUT2D eigenvalue weighted by atomic mass is 10.1. The van der Waals surface area contributed by atoms with Crippen LogP contribution in [0, 0.1) is 5.82 Å². The minimum atomic E-state index is -4.77. The molecule has 1 saturated heterocycles. The Hall–Kier alpha value is -2.54. The van der Waals surface area contributed by atoms with Crippen molar-refractivity contribution >= 4 is 32.0 Å². The van der Waals surface area contributed by atoms with E-state index in [1.54, 1.807) is 0 Å². The Balaban J connectivity index is 1.78. The molecule has 1 aliphatic rings. The molecule has 0 aliphatic carbocycles. The fourth-order valence-electron chi connectivity index (χ4n) is 3.65. The summed E-state index contributed by atoms with van der Waals surface area (Å²) < 4.78 is 106. The lowest BCUT2D eigenvalue weighted by molar-refractivity contribution is -0.137. The van der Waals surface area contributed by atoms with Gasteiger partial charge in [-0.3, -0.25) is 0 Å². The number of benzene rings is 2. The highest BCUT2D eigenvalue weighted by molar-refractivity contribution is 7.91. The van der Waals surface area contributed by atoms with E-state index >= 15 is 0 Å². The molecule has 0 saturated carbocycles. The Kier molecular flexibility index (Phi) is 9.09. The predicted octanol–water partition coefficient (Wildman–Crippen LogP) is 4.02. The van der Waals surface area contributed by atoms with Crippen LogP contribution in [0.2, 0.25) is 0 Å². The van der Waals surface area contributed by atoms with E-state index < -0.39 is 54.5 Å². The number of nitrogens with one attached hydrogen (secondary N) is 2. The number of rotatable bonds is 9. The summed E-state index contributed by atoms with van der Waals surface area (Å²) in [7, 11) is -7.77. The van der Waals surface area contributed by atoms with Gasteiger partial charge in [0.2, 0.25) is 10.0 Å². The molecule has 196 valence electrons. The quantitative estimate of drug-likeness (QED) is 0.464. The molecule has 0 radical (unpaired) electrons. The number of piperidine rings is 1. The first-order valence-electron chi connectivity index (χ1n) is 11.1. The molecule has 12 heteroatoms. The summed E-state index contributed by atoms with van der Waals surface area (Å²) >= 11 is 0. The SMILES string of the molecule is O=S(=O)(CC=Cc1cc(S(=O)(=O)CC=Cc2ccc(F)cc2)ccc1C(F)(F)F)NC1CCNCC1. The van der Waals surface area contributed by atoms with Crippen LogP contribution < -0.4 is 10.0 Å². The van der Waals surface area contributed by atoms with Crippen LogP contribution in [0.5, 0.6) is 0 Å². The highest BCUT2D eigenvalue weighted by Crippen LogP contribution is 2.34. The standard InChI is InChI=1S/C24H26F4N2O4S2/c25-20-7-5-18(6-8-20)3-1-15-35(31,32)22-9-10-23(24(26,27)28)19(17-22)4-2-16-36(33,34)30-21-11-13-29-14-12-21/h1-10,17,21,29-30H,11-16H2. The van der Waals surface area contributed by atoms with Crippen LogP contribution in [0.1, 0.15) is 29.5 Å². The highest BCUT2D eigenvalue weighted by atomic mass is 32.2. The van der Waals surface area contributed by atoms with Crippen LogP contribution in [0.15, 0.2) is 59.5 Å². The second kappa shape index (κ2) is 11.7. The second-order valence-electron chi connectivity index (χ2n) is 8.31. The Bertz CT molecular complexity index is 1310. The number of halogens is 4. The van der Waals surface area contributed by atoms with E-state index in [2.05, 4.69) is 10.0 Å². The maximum atomic E-state index is 13.5. The summed E-state index contributed by atoms with van der Waals surface area (Å²) in [5, 5.41) is 3.10. The molecule has 1 fully saturated rings. The van der Waals surface area contributed by atoms with Gasteiger partial charge >= 0.3 is 6.18 Å². The molecular weight excluding hydrogens is 520 g/mol. The summed E-state index contributed by atoms with van der Waals surface area (Å²) in [5.41, 5.74) is -0.978. The number of hydrogen-bond acceptors (Lipinski definition) is 5. The largest absolute Gasteiger partial charge is 0.416 e. The summed E-state index contributed by atoms with van der Waals surface area (Å²) in [5.74, 6) is -1.49. The topological polar surface area (TPSA) is 92.3 Å². The van der Waals surface area contributed by atoms with Crippen molar-refractivity contribution in [2.24, 2.45) is 0 Å². The molecule has 0 spiro atoms. The van der Waals surface area contributed by atoms with Crippen LogP contribution in [-0.2, 0) is 26.0 Å². The number of sulfonamides is 1. The summed E-state index contributed by atoms with van der Waals surface area (Å²) in [6.45, 7) is 1.33. The van der Waals surface area contributed by atoms with E-state index in [1.165, 1.54) is 36.4 Å². The van der Waals surface area contributed by atoms with Gasteiger partial charge in [-0.2, -0.15) is 13.2 Å². The van der Waals surface area contributed by atoms with E-state index in [-0.39, 0.29) is 10.9 Å². The molecule has 3 rings (SSSR count). The molecule has 2 aromatic rings. The first kappa shape index (κ1) is 28.0. The van der Waals surface area contributed by atoms with E-state index in [0.717, 1.165) is 24.3 Å². The molecule has 0 atom stereocenters. The minimum absolute atomic E-state index is 0.244. The van der Waals surface area contributed by atoms with Crippen molar-refractivity contribution in [2.45, 2.75) is 30.0 Å². The van der Waals surface area contributed by atoms with Gasteiger partial charge in [-0.05, 0) is 67.4 Å². The maximum absolute atomic E-state index is 13.5. The second-order valence-corrected chi connectivity index (χ2v) is 12.1. The van der Waals surface area contributed by atoms with Crippen LogP contribution in [0.3, 0.4) is 0 Å². The van der Waals surface area contributed by atoms with E-state index in [9.17, 15) is 34.4 Å². The van der Waals surface area contributed by atoms with Gasteiger partial charge in [0.1, 0.15) is 5.82 Å². The third-order valence-corrected chi connectivity index (χ3v) is 8.41. The van der Waals surface area contributed by atoms with Crippen LogP contribution in [0.25, 0.3) is 12.2 Å². The Labute approximate surface area is 208 Å². The molecule has 1 heterocycles. The Morgan fingerprint density at radius 2 is 1.56 bits per heavy atom. The zero-order valence-electron chi connectivity index (χ0n) is 19.1. The first-order valence-corrected chi connectivity index (χ1v) is 14.4. The average molecular weight is 547 g/mol. The van der Waals surface area contributed by atoms with Gasteiger partial charge in [0.15, 0.2) is 9.84 Å². The van der Waals surface area contributed by atoms with Gasteiger partial charge < -0.3 is 5.32 Å². The third-order valence-electron chi connectivity index (χ3n) is 5.48. The number of sulfone groups is 1. The molecule has 2 aromatic carbocycles. The molecule has 0 amide bonds. The van der Waals surface area contributed by atoms with E-state index in [0.29, 0.717) is 37.6 Å². The van der Waals surface area contributed by atoms with Crippen molar-refractivity contribution in [3.05, 3.63) is 77.1 Å². The predicted molar refractivity (Wildman–Crippen MR) is 131 cm³/mol. The van der Waals surface area contributed by atoms with Crippen molar-refractivity contribution in [1.82, 2.24) is 10.0 Å². The molecule has 0 unspecified atom stereocenters. The molecule has 36 heavy (non-hydrogen) atoms. The molecule has 6 nitrogen and oxygen atoms in total. The monoisotopic (exact) mass is 546 g/mol. The lowest BCUT2D eigenvalue weighted by Gasteiger charge is -2.23. The lowest BCUT2D eigenvalue weighted by Crippen LogP contribution is -2.43. The first-order chi connectivity index (χ1) is 16.9. The van der Waals surface area contributed by atoms with Crippen molar-refractivity contribution < 1.29 is 34.4 Å². The average Bonchev–Trinajstić information content (AvgIpc) is 2.80. The van der Waals surface area contributed by atoms with Crippen molar-refractivity contribution in [3.8, 4) is 0 Å². The van der Waals surface area contributed by atoms with Crippen LogP contribution in [0.4, 0.5) is 17.6 Å². The normalized spacial score (nSPS) is 16.2. The molecular formula is C24H26F4N2O4S2. The Morgan fingerprint density at radius 1 is 0.917 bits per heavy atom. The molecule has 1 aliphatic heterocycles. The van der Waals surface area contributed by atoms with E-state index in [1.807, 2.05) is 0 Å². The van der Waals surface area contributed by atoms with Gasteiger partial charge in [0.25, 0.3) is 0 Å². The molecule has 2 N–H and O–H groups in total. The third kappa shape index (κ3) is 8.26. The van der Waals surface area contributed by atoms with Gasteiger partial charge in [0.05, 0.1) is 22.0 Å². The fourth-order valence-corrected chi connectivity index (χ4v) is 5.97. The highest BCUT2D eigenvalue weighted by Gasteiger charge is 2.33. The summed E-state index contributed by atoms with van der Waals surface area (Å²) in [4.78, 5) is -0.338. The van der Waals surface area contributed by atoms with Gasteiger partial charge in [-0.1, -0.05) is 36.4 Å². The van der Waals surface area contributed by atoms with Crippen molar-refractivity contribution in [3.63, 3.8) is 0 Å². The van der Waals surface area contributed by atoms with Crippen LogP contribution in [-0.4, -0.2) is 47.5 Å². The zero-order chi connectivity index (χ0) is 26.4. The zero-order valence-corrected chi connectivity index (χ0v) is 20.8. The summed E-state index contributed by atoms with van der Waals surface area (Å²) in [6.07, 6.45) is 1.26. The molecule has 0 aromatic heterocycles. The van der Waals surface area contributed by atoms with Gasteiger partial charge in [-0.15, -0.1) is 0 Å². The van der Waals surface area contributed by atoms with Crippen molar-refractivity contribution in [1.29, 1.82) is 0 Å². The fraction of sp³-hybridized carbons (Fsp3) is 0.333. The molecule has 0 bridgehead atoms. The number of hydrogen-bond donors (Lipinski definition) is 2. The Morgan fingerprint density at radius 3 is 2.19 bits per heavy atom. The van der Waals surface area contributed by atoms with Crippen LogP contribution >= 0.6 is 0 Å². The summed E-state index contributed by atoms with van der Waals surface area (Å²) in [6, 6.07) is 7.50. The maximum Gasteiger partial charge on any atom is 0.416 e.